The summed E-state index contributed by atoms with van der Waals surface area (Å²) in [5.41, 5.74) is 1.59. The Balaban J connectivity index is 2.51. The molecule has 0 bridgehead atoms. The van der Waals surface area contributed by atoms with Crippen LogP contribution in [0.4, 0.5) is 0 Å². The van der Waals surface area contributed by atoms with Crippen molar-refractivity contribution in [2.45, 2.75) is 12.6 Å². The molecule has 0 fully saturated rings. The maximum Gasteiger partial charge on any atom is 0.0872 e. The Bertz CT molecular complexity index is 230. The first kappa shape index (κ1) is 5.24. The first-order valence-corrected chi connectivity index (χ1v) is 5.49. The molecule has 2 rings (SSSR count). The molecule has 1 heterocycles. The minimum Gasteiger partial charge on any atom is -0.0666 e. The second kappa shape index (κ2) is 1.71. The Morgan fingerprint density at radius 3 is 2.67 bits per heavy atom. The van der Waals surface area contributed by atoms with Crippen LogP contribution in [0.15, 0.2) is 24.3 Å². The summed E-state index contributed by atoms with van der Waals surface area (Å²) in [6.45, 7) is 2.38. The van der Waals surface area contributed by atoms with Crippen LogP contribution >= 0.6 is 0 Å². The van der Waals surface area contributed by atoms with Gasteiger partial charge in [-0.05, 0) is 6.04 Å². The fourth-order valence-electron chi connectivity index (χ4n) is 1.37. The van der Waals surface area contributed by atoms with Gasteiger partial charge in [0.05, 0.1) is 8.80 Å². The van der Waals surface area contributed by atoms with Crippen LogP contribution in [0.1, 0.15) is 5.56 Å². The second-order valence-electron chi connectivity index (χ2n) is 2.61. The van der Waals surface area contributed by atoms with Crippen molar-refractivity contribution in [3.05, 3.63) is 29.8 Å². The van der Waals surface area contributed by atoms with Gasteiger partial charge in [-0.2, -0.15) is 0 Å². The zero-order valence-corrected chi connectivity index (χ0v) is 6.52. The van der Waals surface area contributed by atoms with Crippen molar-refractivity contribution >= 4 is 14.0 Å². The minimum absolute atomic E-state index is 0.0502. The highest BCUT2D eigenvalue weighted by molar-refractivity contribution is 6.76. The highest BCUT2D eigenvalue weighted by Crippen LogP contribution is 2.10. The summed E-state index contributed by atoms with van der Waals surface area (Å²) in [6.07, 6.45) is 0. The molecule has 1 aromatic rings. The maximum atomic E-state index is 2.38. The molecule has 0 amide bonds. The average molecular weight is 133 g/mol. The van der Waals surface area contributed by atoms with Gasteiger partial charge in [0.15, 0.2) is 0 Å². The molecule has 1 heteroatoms. The topological polar surface area (TPSA) is 0 Å². The van der Waals surface area contributed by atoms with Gasteiger partial charge >= 0.3 is 0 Å². The largest absolute Gasteiger partial charge is 0.0872 e. The van der Waals surface area contributed by atoms with Crippen molar-refractivity contribution in [2.24, 2.45) is 0 Å². The molecule has 0 aliphatic carbocycles. The van der Waals surface area contributed by atoms with Gasteiger partial charge in [-0.25, -0.2) is 0 Å². The van der Waals surface area contributed by atoms with E-state index in [4.69, 9.17) is 0 Å². The molecule has 9 heavy (non-hydrogen) atoms. The van der Waals surface area contributed by atoms with Crippen LogP contribution in [0.5, 0.6) is 0 Å². The summed E-state index contributed by atoms with van der Waals surface area (Å²) in [6, 6.07) is 10.2. The Hall–Kier alpha value is -0.563. The zero-order valence-electron chi connectivity index (χ0n) is 5.52. The molecule has 0 spiro atoms. The molecule has 0 N–H and O–H groups in total. The summed E-state index contributed by atoms with van der Waals surface area (Å²) in [5, 5.41) is 1.66. The average Bonchev–Trinajstić information content (AvgIpc) is 1.86. The number of fused-ring (bicyclic) bond motifs is 1. The Morgan fingerprint density at radius 1 is 1.33 bits per heavy atom. The lowest BCUT2D eigenvalue weighted by molar-refractivity contribution is 1.32. The fourth-order valence-corrected chi connectivity index (χ4v) is 3.23. The van der Waals surface area contributed by atoms with Crippen molar-refractivity contribution in [3.63, 3.8) is 0 Å². The molecule has 1 aliphatic heterocycles. The van der Waals surface area contributed by atoms with Gasteiger partial charge < -0.3 is 0 Å². The van der Waals surface area contributed by atoms with Crippen LogP contribution in [0, 0.1) is 0 Å². The molecule has 0 saturated heterocycles. The Labute approximate surface area is 57.1 Å². The summed E-state index contributed by atoms with van der Waals surface area (Å²) >= 11 is 0. The van der Waals surface area contributed by atoms with Crippen molar-refractivity contribution in [3.8, 4) is 0 Å². The predicted molar refractivity (Wildman–Crippen MR) is 41.4 cm³/mol. The van der Waals surface area contributed by atoms with Crippen molar-refractivity contribution < 1.29 is 0 Å². The molecule has 0 nitrogen and oxygen atoms in total. The molecular weight excluding hydrogens is 124 g/mol. The van der Waals surface area contributed by atoms with Crippen molar-refractivity contribution in [2.75, 3.05) is 0 Å². The third-order valence-corrected chi connectivity index (χ3v) is 4.25. The van der Waals surface area contributed by atoms with Gasteiger partial charge in [0, 0.05) is 0 Å². The van der Waals surface area contributed by atoms with E-state index in [0.29, 0.717) is 0 Å². The molecule has 1 aliphatic rings. The van der Waals surface area contributed by atoms with Crippen LogP contribution in [0.25, 0.3) is 0 Å². The highest BCUT2D eigenvalue weighted by atomic mass is 28.3. The maximum absolute atomic E-state index is 2.38. The normalized spacial score (nSPS) is 16.6. The van der Waals surface area contributed by atoms with Crippen LogP contribution in [-0.2, 0) is 6.04 Å². The predicted octanol–water partition coefficient (Wildman–Crippen LogP) is 1.11. The SMILES string of the molecule is C[Si]1Cc2ccccc21. The third-order valence-electron chi connectivity index (χ3n) is 1.93. The molecule has 45 valence electrons. The molecule has 1 aromatic carbocycles. The van der Waals surface area contributed by atoms with Gasteiger partial charge in [0.1, 0.15) is 0 Å². The lowest BCUT2D eigenvalue weighted by Gasteiger charge is -2.24. The van der Waals surface area contributed by atoms with E-state index in [1.165, 1.54) is 6.04 Å². The number of benzene rings is 1. The van der Waals surface area contributed by atoms with E-state index < -0.39 is 0 Å². The summed E-state index contributed by atoms with van der Waals surface area (Å²) in [4.78, 5) is 0. The standard InChI is InChI=1S/C8H9Si/c1-9-6-7-4-2-3-5-8(7)9/h2-5H,6H2,1H3. The van der Waals surface area contributed by atoms with E-state index >= 15 is 0 Å². The lowest BCUT2D eigenvalue weighted by atomic mass is 10.2. The van der Waals surface area contributed by atoms with Crippen LogP contribution in [-0.4, -0.2) is 8.80 Å². The first-order chi connectivity index (χ1) is 4.38. The Morgan fingerprint density at radius 2 is 2.11 bits per heavy atom. The first-order valence-electron chi connectivity index (χ1n) is 3.28. The monoisotopic (exact) mass is 133 g/mol. The van der Waals surface area contributed by atoms with Crippen LogP contribution < -0.4 is 5.19 Å². The smallest absolute Gasteiger partial charge is 0.0666 e. The quantitative estimate of drug-likeness (QED) is 0.465. The van der Waals surface area contributed by atoms with Gasteiger partial charge in [-0.15, -0.1) is 0 Å². The lowest BCUT2D eigenvalue weighted by Crippen LogP contribution is -2.43. The molecule has 1 radical (unpaired) electrons. The molecule has 0 unspecified atom stereocenters. The van der Waals surface area contributed by atoms with Gasteiger partial charge in [-0.3, -0.25) is 0 Å². The molecule has 0 saturated carbocycles. The van der Waals surface area contributed by atoms with Gasteiger partial charge in [0.25, 0.3) is 0 Å². The van der Waals surface area contributed by atoms with Crippen LogP contribution in [0.3, 0.4) is 0 Å². The highest BCUT2D eigenvalue weighted by Gasteiger charge is 2.21. The summed E-state index contributed by atoms with van der Waals surface area (Å²) in [5.74, 6) is 0. The van der Waals surface area contributed by atoms with Crippen molar-refractivity contribution in [1.29, 1.82) is 0 Å². The van der Waals surface area contributed by atoms with Crippen LogP contribution in [0.2, 0.25) is 6.55 Å². The van der Waals surface area contributed by atoms with E-state index in [-0.39, 0.29) is 8.80 Å². The van der Waals surface area contributed by atoms with Crippen molar-refractivity contribution in [1.82, 2.24) is 0 Å². The van der Waals surface area contributed by atoms with E-state index in [1.54, 1.807) is 10.8 Å². The molecule has 0 aromatic heterocycles. The van der Waals surface area contributed by atoms with Gasteiger partial charge in [0.2, 0.25) is 0 Å². The number of hydrogen-bond donors (Lipinski definition) is 0. The molecular formula is C8H9Si. The van der Waals surface area contributed by atoms with E-state index in [9.17, 15) is 0 Å². The molecule has 0 atom stereocenters. The summed E-state index contributed by atoms with van der Waals surface area (Å²) in [7, 11) is -0.0502. The Kier molecular flexibility index (Phi) is 0.994. The summed E-state index contributed by atoms with van der Waals surface area (Å²) < 4.78 is 0. The fraction of sp³-hybridized carbons (Fsp3) is 0.250. The third kappa shape index (κ3) is 0.647. The number of hydrogen-bond acceptors (Lipinski definition) is 0. The minimum atomic E-state index is -0.0502. The van der Waals surface area contributed by atoms with E-state index in [2.05, 4.69) is 30.8 Å². The van der Waals surface area contributed by atoms with E-state index in [0.717, 1.165) is 0 Å². The zero-order chi connectivity index (χ0) is 6.27. The van der Waals surface area contributed by atoms with Gasteiger partial charge in [-0.1, -0.05) is 41.6 Å². The number of rotatable bonds is 0. The second-order valence-corrected chi connectivity index (χ2v) is 5.07. The van der Waals surface area contributed by atoms with E-state index in [1.807, 2.05) is 0 Å².